The summed E-state index contributed by atoms with van der Waals surface area (Å²) in [5.41, 5.74) is 8.06. The third-order valence-electron chi connectivity index (χ3n) is 5.85. The van der Waals surface area contributed by atoms with Gasteiger partial charge in [0.25, 0.3) is 0 Å². The molecular weight excluding hydrogens is 384 g/mol. The first kappa shape index (κ1) is 19.5. The Balaban J connectivity index is 1.62. The maximum absolute atomic E-state index is 5.11. The van der Waals surface area contributed by atoms with Crippen LogP contribution < -0.4 is 10.2 Å². The van der Waals surface area contributed by atoms with Crippen molar-refractivity contribution >= 4 is 17.0 Å². The zero-order valence-electron chi connectivity index (χ0n) is 18.0. The molecule has 0 atom stereocenters. The van der Waals surface area contributed by atoms with E-state index in [1.807, 2.05) is 42.0 Å². The monoisotopic (exact) mass is 410 g/mol. The molecule has 0 unspecified atom stereocenters. The van der Waals surface area contributed by atoms with Gasteiger partial charge in [0, 0.05) is 54.6 Å². The lowest BCUT2D eigenvalue weighted by atomic mass is 10.1. The molecule has 6 nitrogen and oxygen atoms in total. The molecule has 4 heterocycles. The first-order chi connectivity index (χ1) is 15.1. The van der Waals surface area contributed by atoms with Gasteiger partial charge in [0.1, 0.15) is 5.82 Å². The molecule has 4 aromatic rings. The van der Waals surface area contributed by atoms with Gasteiger partial charge in [-0.3, -0.25) is 4.98 Å². The summed E-state index contributed by atoms with van der Waals surface area (Å²) < 4.78 is 1.93. The van der Waals surface area contributed by atoms with Crippen LogP contribution >= 0.6 is 0 Å². The molecule has 0 amide bonds. The first-order valence-corrected chi connectivity index (χ1v) is 10.6. The van der Waals surface area contributed by atoms with Crippen LogP contribution in [0.25, 0.3) is 33.6 Å². The Morgan fingerprint density at radius 3 is 2.45 bits per heavy atom. The summed E-state index contributed by atoms with van der Waals surface area (Å²) in [6.07, 6.45) is 3.80. The van der Waals surface area contributed by atoms with Gasteiger partial charge in [0.05, 0.1) is 17.6 Å². The Bertz CT molecular complexity index is 1230. The van der Waals surface area contributed by atoms with E-state index in [4.69, 9.17) is 9.97 Å². The van der Waals surface area contributed by atoms with Crippen LogP contribution in [0.1, 0.15) is 18.2 Å². The van der Waals surface area contributed by atoms with E-state index in [0.717, 1.165) is 76.9 Å². The summed E-state index contributed by atoms with van der Waals surface area (Å²) in [6.45, 7) is 12.1. The summed E-state index contributed by atoms with van der Waals surface area (Å²) in [5.74, 6) is 0.995. The maximum Gasteiger partial charge on any atom is 0.165 e. The number of benzene rings is 1. The highest BCUT2D eigenvalue weighted by Gasteiger charge is 2.22. The molecule has 0 radical (unpaired) electrons. The highest BCUT2D eigenvalue weighted by molar-refractivity contribution is 5.82. The predicted octanol–water partition coefficient (Wildman–Crippen LogP) is 4.21. The normalized spacial score (nSPS) is 14.2. The summed E-state index contributed by atoms with van der Waals surface area (Å²) in [5, 5.41) is 8.08. The number of piperazine rings is 1. The van der Waals surface area contributed by atoms with Gasteiger partial charge in [-0.25, -0.2) is 9.50 Å². The molecule has 1 N–H and O–H groups in total. The van der Waals surface area contributed by atoms with E-state index in [2.05, 4.69) is 53.1 Å². The Hall–Kier alpha value is -3.51. The number of rotatable bonds is 4. The van der Waals surface area contributed by atoms with Gasteiger partial charge in [-0.05, 0) is 25.5 Å². The van der Waals surface area contributed by atoms with E-state index < -0.39 is 0 Å². The maximum atomic E-state index is 5.11. The van der Waals surface area contributed by atoms with Crippen molar-refractivity contribution in [1.29, 1.82) is 0 Å². The molecule has 5 rings (SSSR count). The third-order valence-corrected chi connectivity index (χ3v) is 5.85. The van der Waals surface area contributed by atoms with Crippen molar-refractivity contribution in [2.45, 2.75) is 13.8 Å². The van der Waals surface area contributed by atoms with Crippen molar-refractivity contribution < 1.29 is 0 Å². The lowest BCUT2D eigenvalue weighted by molar-refractivity contribution is 0.584. The fourth-order valence-electron chi connectivity index (χ4n) is 4.26. The van der Waals surface area contributed by atoms with Crippen molar-refractivity contribution in [2.75, 3.05) is 31.1 Å². The zero-order chi connectivity index (χ0) is 21.4. The van der Waals surface area contributed by atoms with Crippen LogP contribution in [0.3, 0.4) is 0 Å². The molecule has 6 heteroatoms. The summed E-state index contributed by atoms with van der Waals surface area (Å²) in [6, 6.07) is 14.4. The van der Waals surface area contributed by atoms with Gasteiger partial charge in [0.2, 0.25) is 0 Å². The number of hydrogen-bond acceptors (Lipinski definition) is 5. The van der Waals surface area contributed by atoms with Crippen LogP contribution in [0.15, 0.2) is 61.4 Å². The zero-order valence-corrected chi connectivity index (χ0v) is 18.0. The van der Waals surface area contributed by atoms with Crippen molar-refractivity contribution in [3.8, 4) is 22.4 Å². The van der Waals surface area contributed by atoms with Crippen molar-refractivity contribution in [2.24, 2.45) is 0 Å². The Kier molecular flexibility index (Phi) is 5.00. The summed E-state index contributed by atoms with van der Waals surface area (Å²) >= 11 is 0. The minimum absolute atomic E-state index is 0.852. The summed E-state index contributed by atoms with van der Waals surface area (Å²) in [4.78, 5) is 12.2. The fourth-order valence-corrected chi connectivity index (χ4v) is 4.26. The second-order valence-corrected chi connectivity index (χ2v) is 8.00. The van der Waals surface area contributed by atoms with Gasteiger partial charge in [-0.2, -0.15) is 5.10 Å². The number of anilines is 1. The van der Waals surface area contributed by atoms with Crippen molar-refractivity contribution in [3.63, 3.8) is 0 Å². The molecular formula is C25H26N6. The second-order valence-electron chi connectivity index (χ2n) is 8.00. The standard InChI is InChI=1S/C25H26N6/c1-17(2)23-18(3)31-24(29-25(23)30-13-11-26-12-14-30)21(16-28-31)20-9-10-22(27-15-20)19-7-5-4-6-8-19/h4-10,15-16,26H,1,11-14H2,2-3H3. The second kappa shape index (κ2) is 7.96. The Morgan fingerprint density at radius 1 is 1.00 bits per heavy atom. The number of allylic oxidation sites excluding steroid dienone is 1. The smallest absolute Gasteiger partial charge is 0.165 e. The molecule has 1 aliphatic rings. The van der Waals surface area contributed by atoms with Gasteiger partial charge in [0.15, 0.2) is 5.65 Å². The van der Waals surface area contributed by atoms with E-state index in [9.17, 15) is 0 Å². The van der Waals surface area contributed by atoms with E-state index in [-0.39, 0.29) is 0 Å². The topological polar surface area (TPSA) is 58.3 Å². The Labute approximate surface area is 182 Å². The van der Waals surface area contributed by atoms with E-state index in [0.29, 0.717) is 0 Å². The Morgan fingerprint density at radius 2 is 1.77 bits per heavy atom. The molecule has 0 bridgehead atoms. The highest BCUT2D eigenvalue weighted by atomic mass is 15.3. The van der Waals surface area contributed by atoms with Gasteiger partial charge in [-0.15, -0.1) is 0 Å². The molecule has 1 saturated heterocycles. The highest BCUT2D eigenvalue weighted by Crippen LogP contribution is 2.32. The average molecular weight is 411 g/mol. The lowest BCUT2D eigenvalue weighted by Crippen LogP contribution is -2.44. The van der Waals surface area contributed by atoms with E-state index >= 15 is 0 Å². The van der Waals surface area contributed by atoms with Gasteiger partial charge >= 0.3 is 0 Å². The minimum atomic E-state index is 0.852. The molecule has 31 heavy (non-hydrogen) atoms. The molecule has 1 aliphatic heterocycles. The number of aryl methyl sites for hydroxylation is 1. The number of nitrogens with one attached hydrogen (secondary N) is 1. The largest absolute Gasteiger partial charge is 0.353 e. The molecule has 0 aliphatic carbocycles. The minimum Gasteiger partial charge on any atom is -0.353 e. The molecule has 1 fully saturated rings. The number of aromatic nitrogens is 4. The van der Waals surface area contributed by atoms with Crippen molar-refractivity contribution in [1.82, 2.24) is 24.9 Å². The van der Waals surface area contributed by atoms with Crippen LogP contribution in [0.5, 0.6) is 0 Å². The fraction of sp³-hybridized carbons (Fsp3) is 0.240. The number of fused-ring (bicyclic) bond motifs is 1. The average Bonchev–Trinajstić information content (AvgIpc) is 3.24. The number of hydrogen-bond donors (Lipinski definition) is 1. The van der Waals surface area contributed by atoms with Crippen LogP contribution in [0.2, 0.25) is 0 Å². The molecule has 0 spiro atoms. The lowest BCUT2D eigenvalue weighted by Gasteiger charge is -2.31. The van der Waals surface area contributed by atoms with E-state index in [1.165, 1.54) is 0 Å². The van der Waals surface area contributed by atoms with Gasteiger partial charge in [-0.1, -0.05) is 43.0 Å². The third kappa shape index (κ3) is 3.49. The SMILES string of the molecule is C=C(C)c1c(N2CCNCC2)nc2c(-c3ccc(-c4ccccc4)nc3)cnn2c1C. The molecule has 156 valence electrons. The summed E-state index contributed by atoms with van der Waals surface area (Å²) in [7, 11) is 0. The van der Waals surface area contributed by atoms with E-state index in [1.54, 1.807) is 0 Å². The number of nitrogens with zero attached hydrogens (tertiary/aromatic N) is 5. The predicted molar refractivity (Wildman–Crippen MR) is 126 cm³/mol. The quantitative estimate of drug-likeness (QED) is 0.546. The van der Waals surface area contributed by atoms with Crippen LogP contribution in [-0.2, 0) is 0 Å². The van der Waals surface area contributed by atoms with Crippen LogP contribution in [-0.4, -0.2) is 45.8 Å². The van der Waals surface area contributed by atoms with Gasteiger partial charge < -0.3 is 10.2 Å². The van der Waals surface area contributed by atoms with Crippen molar-refractivity contribution in [3.05, 3.63) is 72.7 Å². The van der Waals surface area contributed by atoms with Crippen LogP contribution in [0, 0.1) is 6.92 Å². The molecule has 1 aromatic carbocycles. The number of pyridine rings is 1. The molecule has 3 aromatic heterocycles. The first-order valence-electron chi connectivity index (χ1n) is 10.6. The molecule has 0 saturated carbocycles. The van der Waals surface area contributed by atoms with Crippen LogP contribution in [0.4, 0.5) is 5.82 Å².